The zero-order valence-electron chi connectivity index (χ0n) is 14.8. The van der Waals surface area contributed by atoms with Crippen LogP contribution in [0.1, 0.15) is 52.3 Å². The highest BCUT2D eigenvalue weighted by Gasteiger charge is 2.46. The fourth-order valence-electron chi connectivity index (χ4n) is 2.70. The van der Waals surface area contributed by atoms with Crippen LogP contribution in [0.4, 0.5) is 29.5 Å². The van der Waals surface area contributed by atoms with Crippen LogP contribution in [0.5, 0.6) is 0 Å². The van der Waals surface area contributed by atoms with Crippen molar-refractivity contribution in [2.75, 3.05) is 10.6 Å². The summed E-state index contributed by atoms with van der Waals surface area (Å²) in [6, 6.07) is -0.867. The lowest BCUT2D eigenvalue weighted by Gasteiger charge is -2.36. The van der Waals surface area contributed by atoms with E-state index in [0.717, 1.165) is 0 Å². The predicted octanol–water partition coefficient (Wildman–Crippen LogP) is 3.69. The van der Waals surface area contributed by atoms with Crippen molar-refractivity contribution in [1.82, 2.24) is 15.0 Å². The maximum Gasteiger partial charge on any atom is 0.252 e. The van der Waals surface area contributed by atoms with E-state index in [-0.39, 0.29) is 48.8 Å². The molecule has 2 N–H and O–H groups in total. The van der Waals surface area contributed by atoms with Crippen molar-refractivity contribution < 1.29 is 17.6 Å². The third-order valence-corrected chi connectivity index (χ3v) is 4.03. The van der Waals surface area contributed by atoms with Crippen molar-refractivity contribution in [3.63, 3.8) is 0 Å². The average Bonchev–Trinajstić information content (AvgIpc) is 2.40. The number of nitrogens with zero attached hydrogens (tertiary/aromatic N) is 3. The normalized spacial score (nSPS) is 21.8. The van der Waals surface area contributed by atoms with Crippen molar-refractivity contribution in [2.24, 2.45) is 5.41 Å². The topological polar surface area (TPSA) is 62.7 Å². The van der Waals surface area contributed by atoms with Gasteiger partial charge in [0, 0.05) is 43.2 Å². The number of nitrogens with one attached hydrogen (secondary N) is 2. The summed E-state index contributed by atoms with van der Waals surface area (Å²) in [6.07, 6.45) is -1.17. The molecular weight excluding hydrogens is 350 g/mol. The van der Waals surface area contributed by atoms with E-state index in [1.807, 2.05) is 20.8 Å². The van der Waals surface area contributed by atoms with Crippen molar-refractivity contribution in [1.29, 1.82) is 0 Å². The van der Waals surface area contributed by atoms with Gasteiger partial charge in [0.25, 0.3) is 11.8 Å². The van der Waals surface area contributed by atoms with E-state index in [4.69, 9.17) is 0 Å². The SMILES string of the molecule is CC(C)(C)C#Cc1nc(NC2CC(F)(F)C2)nc(NC2CC(F)(F)C2)n1. The van der Waals surface area contributed by atoms with Gasteiger partial charge in [-0.1, -0.05) is 5.92 Å². The molecule has 9 heteroatoms. The van der Waals surface area contributed by atoms with Crippen molar-refractivity contribution >= 4 is 11.9 Å². The minimum atomic E-state index is -2.67. The van der Waals surface area contributed by atoms with Crippen molar-refractivity contribution in [2.45, 2.75) is 70.4 Å². The molecule has 2 saturated carbocycles. The summed E-state index contributed by atoms with van der Waals surface area (Å²) in [5.74, 6) is 0.874. The Morgan fingerprint density at radius 1 is 0.846 bits per heavy atom. The number of hydrogen-bond acceptors (Lipinski definition) is 5. The van der Waals surface area contributed by atoms with Gasteiger partial charge in [-0.25, -0.2) is 17.6 Å². The summed E-state index contributed by atoms with van der Waals surface area (Å²) >= 11 is 0. The van der Waals surface area contributed by atoms with Crippen LogP contribution in [-0.4, -0.2) is 38.9 Å². The highest BCUT2D eigenvalue weighted by Crippen LogP contribution is 2.39. The summed E-state index contributed by atoms with van der Waals surface area (Å²) in [4.78, 5) is 12.4. The lowest BCUT2D eigenvalue weighted by Crippen LogP contribution is -2.45. The number of alkyl halides is 4. The quantitative estimate of drug-likeness (QED) is 0.624. The van der Waals surface area contributed by atoms with Crippen LogP contribution in [0.3, 0.4) is 0 Å². The van der Waals surface area contributed by atoms with Gasteiger partial charge in [0.05, 0.1) is 0 Å². The van der Waals surface area contributed by atoms with Gasteiger partial charge >= 0.3 is 0 Å². The average molecular weight is 371 g/mol. The third-order valence-electron chi connectivity index (χ3n) is 4.03. The van der Waals surface area contributed by atoms with Gasteiger partial charge in [-0.3, -0.25) is 0 Å². The van der Waals surface area contributed by atoms with E-state index in [2.05, 4.69) is 37.4 Å². The summed E-state index contributed by atoms with van der Waals surface area (Å²) in [7, 11) is 0. The standard InChI is InChI=1S/C17H21F4N5/c1-15(2,3)5-4-12-24-13(22-10-6-16(18,19)7-10)26-14(25-12)23-11-8-17(20,21)9-11/h10-11H,6-9H2,1-3H3,(H2,22,23,24,25,26). The Hall–Kier alpha value is -2.11. The smallest absolute Gasteiger partial charge is 0.252 e. The molecule has 1 heterocycles. The largest absolute Gasteiger partial charge is 0.351 e. The van der Waals surface area contributed by atoms with E-state index < -0.39 is 23.9 Å². The third kappa shape index (κ3) is 4.96. The molecule has 2 aliphatic rings. The van der Waals surface area contributed by atoms with Crippen LogP contribution in [0.15, 0.2) is 0 Å². The minimum absolute atomic E-state index is 0.118. The zero-order chi connectivity index (χ0) is 19.2. The minimum Gasteiger partial charge on any atom is -0.351 e. The highest BCUT2D eigenvalue weighted by atomic mass is 19.3. The maximum absolute atomic E-state index is 13.0. The van der Waals surface area contributed by atoms with E-state index >= 15 is 0 Å². The molecule has 0 atom stereocenters. The molecule has 0 saturated heterocycles. The van der Waals surface area contributed by atoms with Crippen molar-refractivity contribution in [3.05, 3.63) is 5.82 Å². The Morgan fingerprint density at radius 3 is 1.62 bits per heavy atom. The van der Waals surface area contributed by atoms with Crippen LogP contribution in [0.2, 0.25) is 0 Å². The summed E-state index contributed by atoms with van der Waals surface area (Å²) in [5, 5.41) is 5.68. The first-order valence-corrected chi connectivity index (χ1v) is 8.47. The number of aromatic nitrogens is 3. The number of anilines is 2. The van der Waals surface area contributed by atoms with Gasteiger partial charge < -0.3 is 10.6 Å². The second kappa shape index (κ2) is 6.25. The van der Waals surface area contributed by atoms with E-state index in [1.54, 1.807) is 0 Å². The first-order valence-electron chi connectivity index (χ1n) is 8.47. The summed E-state index contributed by atoms with van der Waals surface area (Å²) in [5.41, 5.74) is -0.278. The van der Waals surface area contributed by atoms with E-state index in [1.165, 1.54) is 0 Å². The summed E-state index contributed by atoms with van der Waals surface area (Å²) in [6.45, 7) is 5.77. The molecule has 0 unspecified atom stereocenters. The molecule has 26 heavy (non-hydrogen) atoms. The first-order chi connectivity index (χ1) is 11.9. The van der Waals surface area contributed by atoms with Crippen LogP contribution >= 0.6 is 0 Å². The Bertz CT molecular complexity index is 687. The molecule has 1 aromatic heterocycles. The van der Waals surface area contributed by atoms with Crippen LogP contribution in [-0.2, 0) is 0 Å². The fourth-order valence-corrected chi connectivity index (χ4v) is 2.70. The molecule has 0 aliphatic heterocycles. The molecule has 0 radical (unpaired) electrons. The first kappa shape index (κ1) is 18.7. The molecule has 0 aromatic carbocycles. The second-order valence-corrected chi connectivity index (χ2v) is 8.02. The molecule has 142 valence electrons. The monoisotopic (exact) mass is 371 g/mol. The van der Waals surface area contributed by atoms with Gasteiger partial charge in [0.2, 0.25) is 17.7 Å². The van der Waals surface area contributed by atoms with Crippen LogP contribution < -0.4 is 10.6 Å². The van der Waals surface area contributed by atoms with Gasteiger partial charge in [0.15, 0.2) is 0 Å². The molecule has 2 fully saturated rings. The molecular formula is C17H21F4N5. The number of halogens is 4. The van der Waals surface area contributed by atoms with Crippen LogP contribution in [0, 0.1) is 17.3 Å². The highest BCUT2D eigenvalue weighted by molar-refractivity contribution is 5.41. The fraction of sp³-hybridized carbons (Fsp3) is 0.706. The zero-order valence-corrected chi connectivity index (χ0v) is 14.8. The van der Waals surface area contributed by atoms with Crippen LogP contribution in [0.25, 0.3) is 0 Å². The molecule has 0 bridgehead atoms. The van der Waals surface area contributed by atoms with Gasteiger partial charge in [-0.2, -0.15) is 15.0 Å². The number of rotatable bonds is 4. The van der Waals surface area contributed by atoms with E-state index in [0.29, 0.717) is 0 Å². The summed E-state index contributed by atoms with van der Waals surface area (Å²) < 4.78 is 52.0. The molecule has 0 amide bonds. The van der Waals surface area contributed by atoms with Gasteiger partial charge in [-0.15, -0.1) is 0 Å². The Balaban J connectivity index is 1.76. The van der Waals surface area contributed by atoms with E-state index in [9.17, 15) is 17.6 Å². The van der Waals surface area contributed by atoms with Gasteiger partial charge in [-0.05, 0) is 26.7 Å². The molecule has 1 aromatic rings. The lowest BCUT2D eigenvalue weighted by molar-refractivity contribution is -0.0799. The molecule has 2 aliphatic carbocycles. The lowest BCUT2D eigenvalue weighted by atomic mass is 9.88. The number of hydrogen-bond donors (Lipinski definition) is 2. The molecule has 5 nitrogen and oxygen atoms in total. The predicted molar refractivity (Wildman–Crippen MR) is 89.3 cm³/mol. The Morgan fingerprint density at radius 2 is 1.27 bits per heavy atom. The van der Waals surface area contributed by atoms with Crippen molar-refractivity contribution in [3.8, 4) is 11.8 Å². The second-order valence-electron chi connectivity index (χ2n) is 8.02. The maximum atomic E-state index is 13.0. The molecule has 3 rings (SSSR count). The molecule has 0 spiro atoms. The van der Waals surface area contributed by atoms with Gasteiger partial charge in [0.1, 0.15) is 0 Å². The Kier molecular flexibility index (Phi) is 4.49. The Labute approximate surface area is 149 Å².